The molecule has 3 rings (SSSR count). The lowest BCUT2D eigenvalue weighted by atomic mass is 9.99. The van der Waals surface area contributed by atoms with E-state index in [9.17, 15) is 19.1 Å². The molecule has 1 fully saturated rings. The zero-order valence-corrected chi connectivity index (χ0v) is 17.7. The van der Waals surface area contributed by atoms with E-state index in [-0.39, 0.29) is 17.7 Å². The van der Waals surface area contributed by atoms with Crippen LogP contribution in [0.4, 0.5) is 10.5 Å². The molecule has 1 aliphatic rings. The van der Waals surface area contributed by atoms with Crippen molar-refractivity contribution in [1.82, 2.24) is 9.88 Å². The SMILES string of the molecule is CC(C)(C)OC(=O)N1CCC(CS(=O)c2nc3cc([N+](=O)[O-])ccc3s2)CC1. The van der Waals surface area contributed by atoms with Crippen molar-refractivity contribution in [3.05, 3.63) is 28.3 Å². The van der Waals surface area contributed by atoms with Gasteiger partial charge in [-0.25, -0.2) is 9.78 Å². The monoisotopic (exact) mass is 425 g/mol. The number of non-ortho nitro benzene ring substituents is 1. The average molecular weight is 426 g/mol. The normalized spacial score (nSPS) is 16.9. The van der Waals surface area contributed by atoms with E-state index in [0.717, 1.165) is 17.5 Å². The molecule has 1 aromatic heterocycles. The summed E-state index contributed by atoms with van der Waals surface area (Å²) < 4.78 is 19.4. The van der Waals surface area contributed by atoms with Gasteiger partial charge in [0.15, 0.2) is 4.34 Å². The lowest BCUT2D eigenvalue weighted by molar-refractivity contribution is -0.384. The van der Waals surface area contributed by atoms with Crippen LogP contribution in [0.15, 0.2) is 22.5 Å². The van der Waals surface area contributed by atoms with Gasteiger partial charge in [0, 0.05) is 31.0 Å². The molecule has 1 aliphatic heterocycles. The summed E-state index contributed by atoms with van der Waals surface area (Å²) in [4.78, 5) is 28.6. The van der Waals surface area contributed by atoms with Crippen molar-refractivity contribution in [3.63, 3.8) is 0 Å². The number of fused-ring (bicyclic) bond motifs is 1. The molecule has 0 spiro atoms. The molecule has 0 radical (unpaired) electrons. The van der Waals surface area contributed by atoms with Gasteiger partial charge in [-0.05, 0) is 45.6 Å². The smallest absolute Gasteiger partial charge is 0.410 e. The van der Waals surface area contributed by atoms with Gasteiger partial charge in [-0.1, -0.05) is 0 Å². The summed E-state index contributed by atoms with van der Waals surface area (Å²) in [5.74, 6) is 0.713. The number of thiazole rings is 1. The Morgan fingerprint density at radius 2 is 2.07 bits per heavy atom. The number of nitro groups is 1. The number of benzene rings is 1. The van der Waals surface area contributed by atoms with Gasteiger partial charge in [0.25, 0.3) is 5.69 Å². The molecule has 1 atom stereocenters. The number of amides is 1. The minimum absolute atomic E-state index is 0.0235. The summed E-state index contributed by atoms with van der Waals surface area (Å²) in [5, 5.41) is 10.9. The van der Waals surface area contributed by atoms with Crippen molar-refractivity contribution in [3.8, 4) is 0 Å². The van der Waals surface area contributed by atoms with E-state index in [1.165, 1.54) is 23.5 Å². The molecular weight excluding hydrogens is 402 g/mol. The number of likely N-dealkylation sites (tertiary alicyclic amines) is 1. The minimum atomic E-state index is -1.27. The lowest BCUT2D eigenvalue weighted by Crippen LogP contribution is -2.42. The Hall–Kier alpha value is -2.07. The number of piperidine rings is 1. The maximum atomic E-state index is 12.7. The molecule has 152 valence electrons. The van der Waals surface area contributed by atoms with E-state index >= 15 is 0 Å². The highest BCUT2D eigenvalue weighted by molar-refractivity contribution is 7.87. The number of nitro benzene ring substituents is 1. The van der Waals surface area contributed by atoms with Gasteiger partial charge in [0.2, 0.25) is 0 Å². The van der Waals surface area contributed by atoms with Crippen LogP contribution in [0.5, 0.6) is 0 Å². The van der Waals surface area contributed by atoms with Crippen molar-refractivity contribution < 1.29 is 18.7 Å². The maximum Gasteiger partial charge on any atom is 0.410 e. The first-order chi connectivity index (χ1) is 13.1. The van der Waals surface area contributed by atoms with Crippen molar-refractivity contribution in [2.75, 3.05) is 18.8 Å². The van der Waals surface area contributed by atoms with Gasteiger partial charge >= 0.3 is 6.09 Å². The molecule has 1 amide bonds. The molecule has 1 aromatic carbocycles. The quantitative estimate of drug-likeness (QED) is 0.543. The van der Waals surface area contributed by atoms with Crippen LogP contribution in [0.3, 0.4) is 0 Å². The fourth-order valence-electron chi connectivity index (χ4n) is 3.00. The molecule has 1 unspecified atom stereocenters. The summed E-state index contributed by atoms with van der Waals surface area (Å²) in [7, 11) is -1.27. The number of ether oxygens (including phenoxy) is 1. The maximum absolute atomic E-state index is 12.7. The Bertz CT molecular complexity index is 914. The number of rotatable bonds is 4. The highest BCUT2D eigenvalue weighted by Crippen LogP contribution is 2.29. The van der Waals surface area contributed by atoms with E-state index in [1.54, 1.807) is 11.0 Å². The van der Waals surface area contributed by atoms with E-state index in [2.05, 4.69) is 4.98 Å². The van der Waals surface area contributed by atoms with Crippen molar-refractivity contribution >= 4 is 44.1 Å². The Balaban J connectivity index is 1.58. The van der Waals surface area contributed by atoms with E-state index in [1.807, 2.05) is 20.8 Å². The fourth-order valence-corrected chi connectivity index (χ4v) is 5.63. The van der Waals surface area contributed by atoms with Crippen LogP contribution < -0.4 is 0 Å². The molecule has 0 saturated carbocycles. The summed E-state index contributed by atoms with van der Waals surface area (Å²) >= 11 is 1.31. The minimum Gasteiger partial charge on any atom is -0.444 e. The first-order valence-electron chi connectivity index (χ1n) is 9.03. The molecule has 0 N–H and O–H groups in total. The van der Waals surface area contributed by atoms with Crippen LogP contribution >= 0.6 is 11.3 Å². The second-order valence-electron chi connectivity index (χ2n) is 7.81. The largest absolute Gasteiger partial charge is 0.444 e. The van der Waals surface area contributed by atoms with Crippen LogP contribution in [-0.2, 0) is 15.5 Å². The Morgan fingerprint density at radius 3 is 2.68 bits per heavy atom. The van der Waals surface area contributed by atoms with Crippen molar-refractivity contribution in [2.24, 2.45) is 5.92 Å². The summed E-state index contributed by atoms with van der Waals surface area (Å²) in [6, 6.07) is 4.48. The number of nitrogens with zero attached hydrogens (tertiary/aromatic N) is 3. The predicted octanol–water partition coefficient (Wildman–Crippen LogP) is 3.96. The fraction of sp³-hybridized carbons (Fsp3) is 0.556. The van der Waals surface area contributed by atoms with E-state index < -0.39 is 21.3 Å². The predicted molar refractivity (Wildman–Crippen MR) is 108 cm³/mol. The molecule has 0 bridgehead atoms. The van der Waals surface area contributed by atoms with Crippen LogP contribution in [0, 0.1) is 16.0 Å². The molecular formula is C18H23N3O5S2. The highest BCUT2D eigenvalue weighted by Gasteiger charge is 2.28. The Labute approximate surface area is 169 Å². The molecule has 1 saturated heterocycles. The molecule has 2 heterocycles. The summed E-state index contributed by atoms with van der Waals surface area (Å²) in [5.41, 5.74) is -0.0379. The molecule has 28 heavy (non-hydrogen) atoms. The standard InChI is InChI=1S/C18H23N3O5S2/c1-18(2,3)26-17(22)20-8-6-12(7-9-20)11-28(25)16-19-14-10-13(21(23)24)4-5-15(14)27-16/h4-5,10,12H,6-9,11H2,1-3H3. The van der Waals surface area contributed by atoms with Gasteiger partial charge in [-0.2, -0.15) is 0 Å². The van der Waals surface area contributed by atoms with E-state index in [0.29, 0.717) is 28.7 Å². The zero-order chi connectivity index (χ0) is 20.5. The van der Waals surface area contributed by atoms with E-state index in [4.69, 9.17) is 4.74 Å². The number of hydrogen-bond donors (Lipinski definition) is 0. The van der Waals surface area contributed by atoms with Gasteiger partial charge in [0.05, 0.1) is 25.9 Å². The van der Waals surface area contributed by atoms with Crippen LogP contribution in [0.2, 0.25) is 0 Å². The van der Waals surface area contributed by atoms with Crippen LogP contribution in [0.1, 0.15) is 33.6 Å². The number of aromatic nitrogens is 1. The van der Waals surface area contributed by atoms with Gasteiger partial charge in [0.1, 0.15) is 5.60 Å². The van der Waals surface area contributed by atoms with Gasteiger partial charge in [-0.15, -0.1) is 11.3 Å². The third kappa shape index (κ3) is 5.05. The first kappa shape index (κ1) is 20.7. The Kier molecular flexibility index (Phi) is 5.99. The van der Waals surface area contributed by atoms with Crippen molar-refractivity contribution in [1.29, 1.82) is 0 Å². The van der Waals surface area contributed by atoms with Crippen LogP contribution in [0.25, 0.3) is 10.2 Å². The second-order valence-corrected chi connectivity index (χ2v) is 10.5. The lowest BCUT2D eigenvalue weighted by Gasteiger charge is -2.33. The molecule has 2 aromatic rings. The average Bonchev–Trinajstić information content (AvgIpc) is 3.04. The third-order valence-electron chi connectivity index (χ3n) is 4.41. The van der Waals surface area contributed by atoms with Crippen molar-refractivity contribution in [2.45, 2.75) is 43.6 Å². The van der Waals surface area contributed by atoms with Gasteiger partial charge in [-0.3, -0.25) is 14.3 Å². The highest BCUT2D eigenvalue weighted by atomic mass is 32.2. The third-order valence-corrected chi connectivity index (χ3v) is 7.30. The van der Waals surface area contributed by atoms with Gasteiger partial charge < -0.3 is 9.64 Å². The molecule has 0 aliphatic carbocycles. The summed E-state index contributed by atoms with van der Waals surface area (Å²) in [6.07, 6.45) is 1.22. The zero-order valence-electron chi connectivity index (χ0n) is 16.0. The Morgan fingerprint density at radius 1 is 1.39 bits per heavy atom. The number of carbonyl (C=O) groups excluding carboxylic acids is 1. The topological polar surface area (TPSA) is 103 Å². The second kappa shape index (κ2) is 8.12. The van der Waals surface area contributed by atoms with Crippen LogP contribution in [-0.4, -0.2) is 49.6 Å². The first-order valence-corrected chi connectivity index (χ1v) is 11.2. The molecule has 10 heteroatoms. The number of hydrogen-bond acceptors (Lipinski definition) is 7. The summed E-state index contributed by atoms with van der Waals surface area (Å²) in [6.45, 7) is 6.69. The molecule has 8 nitrogen and oxygen atoms in total. The number of carbonyl (C=O) groups is 1.